The number of ketones is 1. The van der Waals surface area contributed by atoms with Gasteiger partial charge in [-0.15, -0.1) is 0 Å². The van der Waals surface area contributed by atoms with Crippen molar-refractivity contribution in [3.8, 4) is 5.75 Å². The van der Waals surface area contributed by atoms with Gasteiger partial charge in [-0.2, -0.15) is 4.72 Å². The molecular formula is C18H18ClNO6S. The van der Waals surface area contributed by atoms with E-state index in [1.54, 1.807) is 24.3 Å². The van der Waals surface area contributed by atoms with Gasteiger partial charge in [-0.25, -0.2) is 8.42 Å². The number of esters is 1. The summed E-state index contributed by atoms with van der Waals surface area (Å²) < 4.78 is 36.6. The minimum Gasteiger partial charge on any atom is -0.497 e. The molecule has 27 heavy (non-hydrogen) atoms. The number of Topliss-reactive ketones (excluding diaryl/α,β-unsaturated/α-hetero) is 1. The normalized spacial score (nSPS) is 12.3. The van der Waals surface area contributed by atoms with Gasteiger partial charge in [0.15, 0.2) is 12.4 Å². The van der Waals surface area contributed by atoms with Crippen molar-refractivity contribution in [3.63, 3.8) is 0 Å². The van der Waals surface area contributed by atoms with Crippen molar-refractivity contribution >= 4 is 33.4 Å². The zero-order valence-corrected chi connectivity index (χ0v) is 16.2. The smallest absolute Gasteiger partial charge is 0.324 e. The van der Waals surface area contributed by atoms with E-state index in [1.165, 1.54) is 38.3 Å². The Morgan fingerprint density at radius 1 is 1.15 bits per heavy atom. The third kappa shape index (κ3) is 5.78. The minimum atomic E-state index is -3.96. The van der Waals surface area contributed by atoms with Crippen LogP contribution in [0.3, 0.4) is 0 Å². The monoisotopic (exact) mass is 411 g/mol. The molecule has 0 fully saturated rings. The van der Waals surface area contributed by atoms with Crippen LogP contribution in [-0.2, 0) is 19.6 Å². The molecule has 2 rings (SSSR count). The highest BCUT2D eigenvalue weighted by atomic mass is 35.5. The van der Waals surface area contributed by atoms with Gasteiger partial charge < -0.3 is 9.47 Å². The molecular weight excluding hydrogens is 394 g/mol. The first-order valence-corrected chi connectivity index (χ1v) is 9.71. The highest BCUT2D eigenvalue weighted by Crippen LogP contribution is 2.16. The van der Waals surface area contributed by atoms with Crippen LogP contribution in [0.4, 0.5) is 0 Å². The number of hydrogen-bond acceptors (Lipinski definition) is 6. The number of benzene rings is 2. The Hall–Kier alpha value is -2.42. The summed E-state index contributed by atoms with van der Waals surface area (Å²) >= 11 is 5.78. The number of carbonyl (C=O) groups excluding carboxylic acids is 2. The lowest BCUT2D eigenvalue weighted by atomic mass is 10.1. The van der Waals surface area contributed by atoms with Crippen LogP contribution >= 0.6 is 11.6 Å². The molecule has 2 aromatic carbocycles. The number of ether oxygens (including phenoxy) is 2. The van der Waals surface area contributed by atoms with E-state index in [0.29, 0.717) is 11.3 Å². The molecule has 0 aromatic heterocycles. The fraction of sp³-hybridized carbons (Fsp3) is 0.222. The van der Waals surface area contributed by atoms with Gasteiger partial charge in [0, 0.05) is 10.6 Å². The minimum absolute atomic E-state index is 0.0797. The molecule has 0 radical (unpaired) electrons. The SMILES string of the molecule is COc1ccc(C(=O)COC(=O)[C@H](C)NS(=O)(=O)c2cccc(Cl)c2)cc1. The summed E-state index contributed by atoms with van der Waals surface area (Å²) in [4.78, 5) is 24.0. The maximum Gasteiger partial charge on any atom is 0.324 e. The number of sulfonamides is 1. The van der Waals surface area contributed by atoms with Crippen molar-refractivity contribution in [1.82, 2.24) is 4.72 Å². The Balaban J connectivity index is 1.93. The Kier molecular flexibility index (Phi) is 6.95. The zero-order chi connectivity index (χ0) is 20.0. The summed E-state index contributed by atoms with van der Waals surface area (Å²) in [6.07, 6.45) is 0. The molecule has 7 nitrogen and oxygen atoms in total. The first kappa shape index (κ1) is 20.9. The molecule has 0 aliphatic heterocycles. The van der Waals surface area contributed by atoms with Gasteiger partial charge in [-0.05, 0) is 49.4 Å². The van der Waals surface area contributed by atoms with Gasteiger partial charge in [-0.3, -0.25) is 9.59 Å². The van der Waals surface area contributed by atoms with E-state index in [2.05, 4.69) is 4.72 Å². The summed E-state index contributed by atoms with van der Waals surface area (Å²) in [5, 5.41) is 0.248. The lowest BCUT2D eigenvalue weighted by Gasteiger charge is -2.13. The van der Waals surface area contributed by atoms with Crippen molar-refractivity contribution in [2.75, 3.05) is 13.7 Å². The molecule has 0 spiro atoms. The zero-order valence-electron chi connectivity index (χ0n) is 14.6. The lowest BCUT2D eigenvalue weighted by Crippen LogP contribution is -2.40. The van der Waals surface area contributed by atoms with Crippen LogP contribution in [0.15, 0.2) is 53.4 Å². The highest BCUT2D eigenvalue weighted by molar-refractivity contribution is 7.89. The predicted molar refractivity (Wildman–Crippen MR) is 99.5 cm³/mol. The topological polar surface area (TPSA) is 98.8 Å². The molecule has 1 N–H and O–H groups in total. The predicted octanol–water partition coefficient (Wildman–Crippen LogP) is 2.44. The van der Waals surface area contributed by atoms with Crippen LogP contribution in [0.1, 0.15) is 17.3 Å². The Labute approximate surface area is 162 Å². The molecule has 0 saturated carbocycles. The van der Waals surface area contributed by atoms with E-state index in [1.807, 2.05) is 0 Å². The first-order valence-electron chi connectivity index (χ1n) is 7.84. The first-order chi connectivity index (χ1) is 12.7. The summed E-state index contributed by atoms with van der Waals surface area (Å²) in [7, 11) is -2.46. The summed E-state index contributed by atoms with van der Waals surface area (Å²) in [6, 6.07) is 10.7. The second kappa shape index (κ2) is 8.98. The molecule has 0 heterocycles. The van der Waals surface area contributed by atoms with Crippen molar-refractivity contribution in [1.29, 1.82) is 0 Å². The third-order valence-electron chi connectivity index (χ3n) is 3.55. The average molecular weight is 412 g/mol. The number of halogens is 1. The second-order valence-electron chi connectivity index (χ2n) is 5.56. The highest BCUT2D eigenvalue weighted by Gasteiger charge is 2.24. The summed E-state index contributed by atoms with van der Waals surface area (Å²) in [5.74, 6) is -0.703. The largest absolute Gasteiger partial charge is 0.497 e. The molecule has 0 saturated heterocycles. The number of hydrogen-bond donors (Lipinski definition) is 1. The van der Waals surface area contributed by atoms with Gasteiger partial charge in [-0.1, -0.05) is 17.7 Å². The number of carbonyl (C=O) groups is 2. The van der Waals surface area contributed by atoms with E-state index in [-0.39, 0.29) is 9.92 Å². The van der Waals surface area contributed by atoms with Gasteiger partial charge in [0.25, 0.3) is 0 Å². The van der Waals surface area contributed by atoms with Crippen LogP contribution in [0.2, 0.25) is 5.02 Å². The Morgan fingerprint density at radius 2 is 1.81 bits per heavy atom. The second-order valence-corrected chi connectivity index (χ2v) is 7.71. The molecule has 0 bridgehead atoms. The quantitative estimate of drug-likeness (QED) is 0.529. The van der Waals surface area contributed by atoms with Gasteiger partial charge in [0.2, 0.25) is 10.0 Å². The molecule has 0 aliphatic carbocycles. The van der Waals surface area contributed by atoms with Crippen molar-refractivity contribution < 1.29 is 27.5 Å². The summed E-state index contributed by atoms with van der Waals surface area (Å²) in [6.45, 7) is 0.816. The molecule has 144 valence electrons. The van der Waals surface area contributed by atoms with E-state index >= 15 is 0 Å². The third-order valence-corrected chi connectivity index (χ3v) is 5.32. The Bertz CT molecular complexity index is 927. The molecule has 0 unspecified atom stereocenters. The van der Waals surface area contributed by atoms with E-state index in [9.17, 15) is 18.0 Å². The van der Waals surface area contributed by atoms with Crippen LogP contribution in [0, 0.1) is 0 Å². The Morgan fingerprint density at radius 3 is 2.41 bits per heavy atom. The van der Waals surface area contributed by atoms with Gasteiger partial charge >= 0.3 is 5.97 Å². The van der Waals surface area contributed by atoms with Crippen LogP contribution in [-0.4, -0.2) is 39.9 Å². The fourth-order valence-electron chi connectivity index (χ4n) is 2.10. The molecule has 1 atom stereocenters. The molecule has 0 aliphatic rings. The van der Waals surface area contributed by atoms with Crippen LogP contribution in [0.25, 0.3) is 0 Å². The van der Waals surface area contributed by atoms with E-state index < -0.39 is 34.4 Å². The standard InChI is InChI=1S/C18H18ClNO6S/c1-12(20-27(23,24)16-5-3-4-14(19)10-16)18(22)26-11-17(21)13-6-8-15(25-2)9-7-13/h3-10,12,20H,11H2,1-2H3/t12-/m0/s1. The number of rotatable bonds is 8. The van der Waals surface area contributed by atoms with Crippen molar-refractivity contribution in [3.05, 3.63) is 59.1 Å². The number of methoxy groups -OCH3 is 1. The van der Waals surface area contributed by atoms with E-state index in [4.69, 9.17) is 21.1 Å². The molecule has 0 amide bonds. The van der Waals surface area contributed by atoms with Gasteiger partial charge in [0.05, 0.1) is 12.0 Å². The maximum atomic E-state index is 12.3. The maximum absolute atomic E-state index is 12.3. The van der Waals surface area contributed by atoms with Crippen LogP contribution < -0.4 is 9.46 Å². The average Bonchev–Trinajstić information content (AvgIpc) is 2.65. The van der Waals surface area contributed by atoms with E-state index in [0.717, 1.165) is 0 Å². The molecule has 9 heteroatoms. The van der Waals surface area contributed by atoms with Gasteiger partial charge in [0.1, 0.15) is 11.8 Å². The fourth-order valence-corrected chi connectivity index (χ4v) is 3.60. The number of nitrogens with one attached hydrogen (secondary N) is 1. The summed E-state index contributed by atoms with van der Waals surface area (Å²) in [5.41, 5.74) is 0.343. The molecule has 2 aromatic rings. The van der Waals surface area contributed by atoms with Crippen molar-refractivity contribution in [2.45, 2.75) is 17.9 Å². The lowest BCUT2D eigenvalue weighted by molar-refractivity contribution is -0.144. The van der Waals surface area contributed by atoms with Crippen LogP contribution in [0.5, 0.6) is 5.75 Å². The van der Waals surface area contributed by atoms with Crippen molar-refractivity contribution in [2.24, 2.45) is 0 Å².